The van der Waals surface area contributed by atoms with Crippen LogP contribution in [-0.2, 0) is 10.3 Å². The lowest BCUT2D eigenvalue weighted by Crippen LogP contribution is -2.49. The zero-order chi connectivity index (χ0) is 13.2. The van der Waals surface area contributed by atoms with E-state index in [0.717, 1.165) is 12.0 Å². The Balaban J connectivity index is 2.46. The third-order valence-corrected chi connectivity index (χ3v) is 4.16. The van der Waals surface area contributed by atoms with Crippen molar-refractivity contribution in [2.24, 2.45) is 11.1 Å². The van der Waals surface area contributed by atoms with E-state index in [9.17, 15) is 5.11 Å². The molecule has 0 radical (unpaired) electrons. The first kappa shape index (κ1) is 13.3. The van der Waals surface area contributed by atoms with E-state index < -0.39 is 11.0 Å². The third-order valence-electron chi connectivity index (χ3n) is 4.16. The maximum absolute atomic E-state index is 11.0. The molecule has 0 spiro atoms. The summed E-state index contributed by atoms with van der Waals surface area (Å²) in [5, 5.41) is 11.0. The fourth-order valence-electron chi connectivity index (χ4n) is 2.68. The minimum absolute atomic E-state index is 0.387. The number of ether oxygens (including phenoxy) is 2. The van der Waals surface area contributed by atoms with Gasteiger partial charge in [0.2, 0.25) is 0 Å². The zero-order valence-corrected chi connectivity index (χ0v) is 11.0. The number of methoxy groups -OCH3 is 1. The molecule has 2 rings (SSSR count). The molecule has 1 heterocycles. The Kier molecular flexibility index (Phi) is 3.61. The summed E-state index contributed by atoms with van der Waals surface area (Å²) in [6.45, 7) is 3.31. The Morgan fingerprint density at radius 1 is 1.50 bits per heavy atom. The zero-order valence-electron chi connectivity index (χ0n) is 11.0. The molecule has 0 bridgehead atoms. The molecule has 1 aromatic carbocycles. The summed E-state index contributed by atoms with van der Waals surface area (Å²) in [4.78, 5) is 0. The fourth-order valence-corrected chi connectivity index (χ4v) is 2.68. The molecule has 0 amide bonds. The van der Waals surface area contributed by atoms with E-state index >= 15 is 0 Å². The van der Waals surface area contributed by atoms with E-state index in [1.165, 1.54) is 0 Å². The molecule has 1 aliphatic rings. The highest BCUT2D eigenvalue weighted by Crippen LogP contribution is 2.47. The maximum Gasteiger partial charge on any atom is 0.124 e. The lowest BCUT2D eigenvalue weighted by molar-refractivity contribution is -0.0759. The second-order valence-corrected chi connectivity index (χ2v) is 5.06. The largest absolute Gasteiger partial charge is 0.496 e. The molecule has 2 atom stereocenters. The summed E-state index contributed by atoms with van der Waals surface area (Å²) in [5.74, 6) is 0.683. The number of para-hydroxylation sites is 1. The summed E-state index contributed by atoms with van der Waals surface area (Å²) < 4.78 is 10.8. The predicted molar refractivity (Wildman–Crippen MR) is 69.5 cm³/mol. The van der Waals surface area contributed by atoms with Crippen LogP contribution in [0.2, 0.25) is 0 Å². The summed E-state index contributed by atoms with van der Waals surface area (Å²) in [5.41, 5.74) is 5.16. The molecule has 1 fully saturated rings. The molecule has 2 unspecified atom stereocenters. The third kappa shape index (κ3) is 1.90. The van der Waals surface area contributed by atoms with Crippen LogP contribution in [0.5, 0.6) is 5.75 Å². The van der Waals surface area contributed by atoms with Crippen molar-refractivity contribution in [3.05, 3.63) is 29.8 Å². The lowest BCUT2D eigenvalue weighted by Gasteiger charge is -2.41. The molecule has 4 heteroatoms. The van der Waals surface area contributed by atoms with Gasteiger partial charge in [-0.15, -0.1) is 0 Å². The van der Waals surface area contributed by atoms with Crippen molar-refractivity contribution < 1.29 is 14.6 Å². The van der Waals surface area contributed by atoms with Gasteiger partial charge in [-0.2, -0.15) is 0 Å². The van der Waals surface area contributed by atoms with Gasteiger partial charge in [-0.3, -0.25) is 0 Å². The fraction of sp³-hybridized carbons (Fsp3) is 0.571. The van der Waals surface area contributed by atoms with Gasteiger partial charge in [-0.1, -0.05) is 18.2 Å². The van der Waals surface area contributed by atoms with Crippen molar-refractivity contribution in [2.45, 2.75) is 18.9 Å². The van der Waals surface area contributed by atoms with Crippen molar-refractivity contribution in [2.75, 3.05) is 26.9 Å². The topological polar surface area (TPSA) is 64.7 Å². The number of rotatable bonds is 4. The van der Waals surface area contributed by atoms with Crippen LogP contribution >= 0.6 is 0 Å². The minimum atomic E-state index is -1.06. The maximum atomic E-state index is 11.0. The second kappa shape index (κ2) is 4.88. The van der Waals surface area contributed by atoms with Crippen LogP contribution in [-0.4, -0.2) is 32.0 Å². The molecule has 1 saturated heterocycles. The van der Waals surface area contributed by atoms with Gasteiger partial charge in [0, 0.05) is 24.1 Å². The molecule has 0 saturated carbocycles. The average molecular weight is 251 g/mol. The highest BCUT2D eigenvalue weighted by Gasteiger charge is 2.50. The van der Waals surface area contributed by atoms with Gasteiger partial charge in [0.1, 0.15) is 5.75 Å². The van der Waals surface area contributed by atoms with Crippen LogP contribution in [0.25, 0.3) is 0 Å². The van der Waals surface area contributed by atoms with Crippen molar-refractivity contribution in [1.82, 2.24) is 0 Å². The number of hydrogen-bond donors (Lipinski definition) is 2. The van der Waals surface area contributed by atoms with Crippen molar-refractivity contribution in [3.8, 4) is 5.75 Å². The number of benzene rings is 1. The van der Waals surface area contributed by atoms with Gasteiger partial charge >= 0.3 is 0 Å². The first-order valence-electron chi connectivity index (χ1n) is 6.21. The predicted octanol–water partition coefficient (Wildman–Crippen LogP) is 1.27. The monoisotopic (exact) mass is 251 g/mol. The standard InChI is InChI=1S/C14H21NO3/c1-13(16,14(9-15)7-8-18-10-14)11-5-3-4-6-12(11)17-2/h3-6,16H,7-10,15H2,1-2H3. The molecule has 3 N–H and O–H groups in total. The average Bonchev–Trinajstić information content (AvgIpc) is 2.89. The van der Waals surface area contributed by atoms with Crippen LogP contribution < -0.4 is 10.5 Å². The normalized spacial score (nSPS) is 26.9. The molecule has 0 aliphatic carbocycles. The van der Waals surface area contributed by atoms with Gasteiger partial charge in [0.15, 0.2) is 0 Å². The second-order valence-electron chi connectivity index (χ2n) is 5.06. The van der Waals surface area contributed by atoms with Gasteiger partial charge in [0.25, 0.3) is 0 Å². The minimum Gasteiger partial charge on any atom is -0.496 e. The van der Waals surface area contributed by atoms with Crippen LogP contribution in [0.4, 0.5) is 0 Å². The van der Waals surface area contributed by atoms with Crippen LogP contribution in [0.1, 0.15) is 18.9 Å². The lowest BCUT2D eigenvalue weighted by atomic mass is 9.68. The van der Waals surface area contributed by atoms with Crippen molar-refractivity contribution >= 4 is 0 Å². The smallest absolute Gasteiger partial charge is 0.124 e. The Labute approximate surface area is 108 Å². The SMILES string of the molecule is COc1ccccc1C(C)(O)C1(CN)CCOC1. The molecular formula is C14H21NO3. The summed E-state index contributed by atoms with van der Waals surface area (Å²) in [6.07, 6.45) is 0.758. The molecule has 0 aromatic heterocycles. The van der Waals surface area contributed by atoms with Crippen LogP contribution in [0, 0.1) is 5.41 Å². The Morgan fingerprint density at radius 3 is 2.78 bits per heavy atom. The first-order valence-corrected chi connectivity index (χ1v) is 6.21. The molecule has 1 aliphatic heterocycles. The summed E-state index contributed by atoms with van der Waals surface area (Å²) >= 11 is 0. The number of aliphatic hydroxyl groups is 1. The van der Waals surface area contributed by atoms with E-state index in [0.29, 0.717) is 25.5 Å². The highest BCUT2D eigenvalue weighted by atomic mass is 16.5. The van der Waals surface area contributed by atoms with Gasteiger partial charge in [-0.25, -0.2) is 0 Å². The van der Waals surface area contributed by atoms with Gasteiger partial charge < -0.3 is 20.3 Å². The van der Waals surface area contributed by atoms with Gasteiger partial charge in [-0.05, 0) is 19.4 Å². The van der Waals surface area contributed by atoms with E-state index in [-0.39, 0.29) is 0 Å². The van der Waals surface area contributed by atoms with E-state index in [1.54, 1.807) is 14.0 Å². The first-order chi connectivity index (χ1) is 8.57. The quantitative estimate of drug-likeness (QED) is 0.845. The van der Waals surface area contributed by atoms with Crippen molar-refractivity contribution in [1.29, 1.82) is 0 Å². The molecule has 4 nitrogen and oxygen atoms in total. The Morgan fingerprint density at radius 2 is 2.22 bits per heavy atom. The Bertz CT molecular complexity index is 411. The Hall–Kier alpha value is -1.10. The van der Waals surface area contributed by atoms with Crippen molar-refractivity contribution in [3.63, 3.8) is 0 Å². The molecule has 1 aromatic rings. The summed E-state index contributed by atoms with van der Waals surface area (Å²) in [6, 6.07) is 7.52. The van der Waals surface area contributed by atoms with Crippen LogP contribution in [0.15, 0.2) is 24.3 Å². The highest BCUT2D eigenvalue weighted by molar-refractivity contribution is 5.39. The number of hydrogen-bond acceptors (Lipinski definition) is 4. The number of nitrogens with two attached hydrogens (primary N) is 1. The molecule has 100 valence electrons. The molecular weight excluding hydrogens is 230 g/mol. The van der Waals surface area contributed by atoms with Gasteiger partial charge in [0.05, 0.1) is 19.3 Å². The molecule has 18 heavy (non-hydrogen) atoms. The van der Waals surface area contributed by atoms with E-state index in [1.807, 2.05) is 24.3 Å². The van der Waals surface area contributed by atoms with Crippen LogP contribution in [0.3, 0.4) is 0 Å². The van der Waals surface area contributed by atoms with E-state index in [2.05, 4.69) is 0 Å². The van der Waals surface area contributed by atoms with E-state index in [4.69, 9.17) is 15.2 Å². The summed E-state index contributed by atoms with van der Waals surface area (Å²) in [7, 11) is 1.61.